The highest BCUT2D eigenvalue weighted by Gasteiger charge is 2.13. The van der Waals surface area contributed by atoms with Crippen molar-refractivity contribution in [1.29, 1.82) is 0 Å². The van der Waals surface area contributed by atoms with E-state index in [0.717, 1.165) is 17.5 Å². The molecule has 0 spiro atoms. The zero-order chi connectivity index (χ0) is 12.0. The summed E-state index contributed by atoms with van der Waals surface area (Å²) in [7, 11) is 0. The molecule has 1 rings (SSSR count). The smallest absolute Gasteiger partial charge is 0.308 e. The first-order chi connectivity index (χ1) is 7.63. The minimum absolute atomic E-state index is 0.0173. The van der Waals surface area contributed by atoms with Gasteiger partial charge in [-0.2, -0.15) is 0 Å². The van der Waals surface area contributed by atoms with Gasteiger partial charge in [-0.05, 0) is 18.9 Å². The lowest BCUT2D eigenvalue weighted by atomic mass is 10.0. The summed E-state index contributed by atoms with van der Waals surface area (Å²) >= 11 is 0. The van der Waals surface area contributed by atoms with Crippen LogP contribution in [0.2, 0.25) is 0 Å². The molecule has 0 aliphatic carbocycles. The van der Waals surface area contributed by atoms with Crippen LogP contribution >= 0.6 is 0 Å². The van der Waals surface area contributed by atoms with E-state index in [1.54, 1.807) is 0 Å². The van der Waals surface area contributed by atoms with Crippen LogP contribution in [0.4, 0.5) is 0 Å². The highest BCUT2D eigenvalue weighted by Crippen LogP contribution is 2.18. The number of carbonyl (C=O) groups excluding carboxylic acids is 1. The number of aliphatic hydroxyl groups is 1. The van der Waals surface area contributed by atoms with Gasteiger partial charge in [-0.1, -0.05) is 36.8 Å². The molecule has 0 saturated heterocycles. The Balaban J connectivity index is 2.52. The number of aryl methyl sites for hydroxylation is 1. The lowest BCUT2D eigenvalue weighted by molar-refractivity contribution is -0.146. The van der Waals surface area contributed by atoms with E-state index in [2.05, 4.69) is 0 Å². The molecule has 0 amide bonds. The van der Waals surface area contributed by atoms with Gasteiger partial charge in [0.1, 0.15) is 0 Å². The van der Waals surface area contributed by atoms with Crippen molar-refractivity contribution in [2.45, 2.75) is 32.8 Å². The van der Waals surface area contributed by atoms with Crippen molar-refractivity contribution in [3.05, 3.63) is 35.4 Å². The average molecular weight is 222 g/mol. The van der Waals surface area contributed by atoms with Gasteiger partial charge in [-0.3, -0.25) is 4.79 Å². The maximum absolute atomic E-state index is 11.3. The summed E-state index contributed by atoms with van der Waals surface area (Å²) in [5, 5.41) is 9.81. The van der Waals surface area contributed by atoms with Crippen LogP contribution in [0, 0.1) is 6.92 Å². The fourth-order valence-corrected chi connectivity index (χ4v) is 1.43. The Bertz CT molecular complexity index is 347. The van der Waals surface area contributed by atoms with Crippen molar-refractivity contribution < 1.29 is 14.6 Å². The van der Waals surface area contributed by atoms with E-state index in [9.17, 15) is 9.90 Å². The summed E-state index contributed by atoms with van der Waals surface area (Å²) in [5.74, 6) is -0.351. The molecule has 0 aromatic heterocycles. The van der Waals surface area contributed by atoms with E-state index in [1.807, 2.05) is 38.1 Å². The van der Waals surface area contributed by atoms with Gasteiger partial charge in [-0.15, -0.1) is 0 Å². The van der Waals surface area contributed by atoms with Gasteiger partial charge in [0, 0.05) is 0 Å². The first-order valence-electron chi connectivity index (χ1n) is 5.53. The highest BCUT2D eigenvalue weighted by atomic mass is 16.5. The second-order valence-electron chi connectivity index (χ2n) is 3.85. The monoisotopic (exact) mass is 222 g/mol. The third kappa shape index (κ3) is 4.03. The van der Waals surface area contributed by atoms with Gasteiger partial charge >= 0.3 is 5.97 Å². The van der Waals surface area contributed by atoms with Crippen molar-refractivity contribution >= 4 is 5.97 Å². The Kier molecular flexibility index (Phi) is 4.99. The number of hydrogen-bond donors (Lipinski definition) is 1. The standard InChI is InChI=1S/C13H18O3/c1-3-7-16-13(15)9-12(14)11-6-4-5-10(2)8-11/h4-6,8,12,14H,3,7,9H2,1-2H3/t12-/m1/s1. The fraction of sp³-hybridized carbons (Fsp3) is 0.462. The van der Waals surface area contributed by atoms with E-state index in [4.69, 9.17) is 4.74 Å². The number of esters is 1. The minimum Gasteiger partial charge on any atom is -0.466 e. The molecule has 1 aromatic carbocycles. The summed E-state index contributed by atoms with van der Waals surface area (Å²) in [4.78, 5) is 11.3. The molecule has 1 aromatic rings. The topological polar surface area (TPSA) is 46.5 Å². The number of aliphatic hydroxyl groups excluding tert-OH is 1. The molecule has 0 bridgehead atoms. The Hall–Kier alpha value is -1.35. The second-order valence-corrected chi connectivity index (χ2v) is 3.85. The Morgan fingerprint density at radius 1 is 1.50 bits per heavy atom. The maximum Gasteiger partial charge on any atom is 0.308 e. The normalized spacial score (nSPS) is 12.2. The Morgan fingerprint density at radius 3 is 2.88 bits per heavy atom. The third-order valence-electron chi connectivity index (χ3n) is 2.25. The van der Waals surface area contributed by atoms with Crippen molar-refractivity contribution in [3.8, 4) is 0 Å². The van der Waals surface area contributed by atoms with E-state index in [1.165, 1.54) is 0 Å². The van der Waals surface area contributed by atoms with Gasteiger partial charge in [0.25, 0.3) is 0 Å². The van der Waals surface area contributed by atoms with Crippen LogP contribution < -0.4 is 0 Å². The summed E-state index contributed by atoms with van der Waals surface area (Å²) in [6.45, 7) is 4.30. The Labute approximate surface area is 96.1 Å². The van der Waals surface area contributed by atoms with Crippen LogP contribution in [-0.2, 0) is 9.53 Å². The molecule has 0 unspecified atom stereocenters. The molecule has 0 fully saturated rings. The number of benzene rings is 1. The molecule has 1 atom stereocenters. The molecule has 0 aliphatic heterocycles. The van der Waals surface area contributed by atoms with Gasteiger partial charge in [-0.25, -0.2) is 0 Å². The number of ether oxygens (including phenoxy) is 1. The fourth-order valence-electron chi connectivity index (χ4n) is 1.43. The van der Waals surface area contributed by atoms with Gasteiger partial charge in [0.2, 0.25) is 0 Å². The maximum atomic E-state index is 11.3. The SMILES string of the molecule is CCCOC(=O)C[C@@H](O)c1cccc(C)c1. The lowest BCUT2D eigenvalue weighted by Crippen LogP contribution is -2.10. The summed E-state index contributed by atoms with van der Waals surface area (Å²) in [5.41, 5.74) is 1.83. The molecular formula is C13H18O3. The average Bonchev–Trinajstić information content (AvgIpc) is 2.26. The molecule has 3 nitrogen and oxygen atoms in total. The summed E-state index contributed by atoms with van der Waals surface area (Å²) < 4.78 is 4.91. The lowest BCUT2D eigenvalue weighted by Gasteiger charge is -2.11. The first kappa shape index (κ1) is 12.7. The van der Waals surface area contributed by atoms with Crippen LogP contribution in [0.15, 0.2) is 24.3 Å². The third-order valence-corrected chi connectivity index (χ3v) is 2.25. The van der Waals surface area contributed by atoms with Crippen LogP contribution in [0.3, 0.4) is 0 Å². The quantitative estimate of drug-likeness (QED) is 0.778. The van der Waals surface area contributed by atoms with Crippen molar-refractivity contribution in [2.24, 2.45) is 0 Å². The number of rotatable bonds is 5. The zero-order valence-electron chi connectivity index (χ0n) is 9.77. The molecule has 3 heteroatoms. The second kappa shape index (κ2) is 6.28. The van der Waals surface area contributed by atoms with Gasteiger partial charge < -0.3 is 9.84 Å². The highest BCUT2D eigenvalue weighted by molar-refractivity contribution is 5.70. The van der Waals surface area contributed by atoms with E-state index >= 15 is 0 Å². The van der Waals surface area contributed by atoms with E-state index in [0.29, 0.717) is 6.61 Å². The molecule has 0 heterocycles. The first-order valence-corrected chi connectivity index (χ1v) is 5.53. The summed E-state index contributed by atoms with van der Waals surface area (Å²) in [6.07, 6.45) is 0.0414. The molecule has 0 radical (unpaired) electrons. The van der Waals surface area contributed by atoms with Crippen molar-refractivity contribution in [3.63, 3.8) is 0 Å². The number of hydrogen-bond acceptors (Lipinski definition) is 3. The predicted octanol–water partition coefficient (Wildman–Crippen LogP) is 2.37. The zero-order valence-corrected chi connectivity index (χ0v) is 9.77. The molecular weight excluding hydrogens is 204 g/mol. The predicted molar refractivity (Wildman–Crippen MR) is 62.0 cm³/mol. The van der Waals surface area contributed by atoms with Crippen LogP contribution in [0.5, 0.6) is 0 Å². The van der Waals surface area contributed by atoms with E-state index in [-0.39, 0.29) is 12.4 Å². The minimum atomic E-state index is -0.774. The van der Waals surface area contributed by atoms with E-state index < -0.39 is 6.10 Å². The van der Waals surface area contributed by atoms with Crippen LogP contribution in [0.25, 0.3) is 0 Å². The van der Waals surface area contributed by atoms with Gasteiger partial charge in [0.15, 0.2) is 0 Å². The van der Waals surface area contributed by atoms with Crippen LogP contribution in [-0.4, -0.2) is 17.7 Å². The van der Waals surface area contributed by atoms with Gasteiger partial charge in [0.05, 0.1) is 19.1 Å². The number of carbonyl (C=O) groups is 1. The molecule has 1 N–H and O–H groups in total. The summed E-state index contributed by atoms with van der Waals surface area (Å²) in [6, 6.07) is 7.50. The molecule has 16 heavy (non-hydrogen) atoms. The van der Waals surface area contributed by atoms with Crippen LogP contribution in [0.1, 0.15) is 37.0 Å². The molecule has 88 valence electrons. The largest absolute Gasteiger partial charge is 0.466 e. The molecule has 0 aliphatic rings. The molecule has 0 saturated carbocycles. The van der Waals surface area contributed by atoms with Crippen molar-refractivity contribution in [1.82, 2.24) is 0 Å². The van der Waals surface area contributed by atoms with Crippen molar-refractivity contribution in [2.75, 3.05) is 6.61 Å². The Morgan fingerprint density at radius 2 is 2.25 bits per heavy atom.